The van der Waals surface area contributed by atoms with Crippen molar-refractivity contribution >= 4 is 22.9 Å². The Morgan fingerprint density at radius 3 is 2.71 bits per heavy atom. The van der Waals surface area contributed by atoms with Crippen LogP contribution in [0, 0.1) is 5.41 Å². The zero-order chi connectivity index (χ0) is 10.1. The van der Waals surface area contributed by atoms with Crippen LogP contribution in [-0.2, 0) is 0 Å². The number of nitrogens with one attached hydrogen (secondary N) is 1. The first kappa shape index (κ1) is 8.74. The van der Waals surface area contributed by atoms with Crippen LogP contribution in [0.15, 0.2) is 29.4 Å². The van der Waals surface area contributed by atoms with E-state index in [0.717, 1.165) is 11.4 Å². The predicted molar refractivity (Wildman–Crippen MR) is 58.8 cm³/mol. The maximum absolute atomic E-state index is 7.73. The highest BCUT2D eigenvalue weighted by Gasteiger charge is 2.20. The molecule has 0 amide bonds. The summed E-state index contributed by atoms with van der Waals surface area (Å²) in [4.78, 5) is 0. The fraction of sp³-hybridized carbons (Fsp3) is 0.200. The average molecular weight is 188 g/mol. The molecule has 14 heavy (non-hydrogen) atoms. The second kappa shape index (κ2) is 3.14. The first-order chi connectivity index (χ1) is 6.68. The molecule has 0 fully saturated rings. The number of hydrogen-bond donors (Lipinski definition) is 2. The summed E-state index contributed by atoms with van der Waals surface area (Å²) in [6.45, 7) is 1.91. The second-order valence-corrected chi connectivity index (χ2v) is 3.33. The van der Waals surface area contributed by atoms with Gasteiger partial charge in [-0.15, -0.1) is 0 Å². The molecule has 1 aliphatic heterocycles. The number of benzene rings is 1. The Morgan fingerprint density at radius 1 is 1.43 bits per heavy atom. The Bertz CT molecular complexity index is 408. The second-order valence-electron chi connectivity index (χ2n) is 3.33. The van der Waals surface area contributed by atoms with Crippen LogP contribution in [0.2, 0.25) is 0 Å². The molecule has 4 nitrogen and oxygen atoms in total. The number of hydrazone groups is 1. The molecule has 72 valence electrons. The van der Waals surface area contributed by atoms with Gasteiger partial charge in [-0.25, -0.2) is 5.01 Å². The van der Waals surface area contributed by atoms with E-state index in [-0.39, 0.29) is 0 Å². The Balaban J connectivity index is 2.41. The van der Waals surface area contributed by atoms with Gasteiger partial charge in [0, 0.05) is 12.1 Å². The van der Waals surface area contributed by atoms with Crippen LogP contribution in [0.1, 0.15) is 13.3 Å². The molecule has 3 N–H and O–H groups in total. The summed E-state index contributed by atoms with van der Waals surface area (Å²) in [5, 5.41) is 13.6. The van der Waals surface area contributed by atoms with Gasteiger partial charge in [0.25, 0.3) is 0 Å². The van der Waals surface area contributed by atoms with Gasteiger partial charge in [-0.3, -0.25) is 5.41 Å². The molecule has 0 radical (unpaired) electrons. The summed E-state index contributed by atoms with van der Waals surface area (Å²) in [5.74, 6) is 0.473. The molecule has 1 heterocycles. The molecule has 0 aliphatic carbocycles. The standard InChI is InChI=1S/C10H12N4/c1-7-6-10(12)14(13-7)9-5-3-2-4-8(9)11/h2-5,12H,6,11H2,1H3. The quantitative estimate of drug-likeness (QED) is 0.660. The fourth-order valence-electron chi connectivity index (χ4n) is 1.46. The third kappa shape index (κ3) is 1.35. The van der Waals surface area contributed by atoms with Gasteiger partial charge in [0.15, 0.2) is 0 Å². The van der Waals surface area contributed by atoms with Crippen molar-refractivity contribution in [3.8, 4) is 0 Å². The van der Waals surface area contributed by atoms with Crippen molar-refractivity contribution in [3.05, 3.63) is 24.3 Å². The highest BCUT2D eigenvalue weighted by atomic mass is 15.5. The van der Waals surface area contributed by atoms with Crippen molar-refractivity contribution in [3.63, 3.8) is 0 Å². The molecule has 0 saturated heterocycles. The number of para-hydroxylation sites is 2. The van der Waals surface area contributed by atoms with E-state index in [0.29, 0.717) is 17.9 Å². The summed E-state index contributed by atoms with van der Waals surface area (Å²) < 4.78 is 0. The first-order valence-corrected chi connectivity index (χ1v) is 4.44. The van der Waals surface area contributed by atoms with Crippen LogP contribution in [0.5, 0.6) is 0 Å². The van der Waals surface area contributed by atoms with Gasteiger partial charge in [0.1, 0.15) is 5.84 Å². The first-order valence-electron chi connectivity index (χ1n) is 4.44. The molecule has 1 aliphatic rings. The van der Waals surface area contributed by atoms with E-state index in [1.807, 2.05) is 31.2 Å². The van der Waals surface area contributed by atoms with Crippen LogP contribution in [0.25, 0.3) is 0 Å². The number of anilines is 2. The van der Waals surface area contributed by atoms with E-state index in [4.69, 9.17) is 11.1 Å². The van der Waals surface area contributed by atoms with E-state index in [1.54, 1.807) is 5.01 Å². The molecule has 0 spiro atoms. The zero-order valence-electron chi connectivity index (χ0n) is 7.99. The minimum atomic E-state index is 0.473. The molecule has 1 aromatic rings. The highest BCUT2D eigenvalue weighted by Crippen LogP contribution is 2.26. The van der Waals surface area contributed by atoms with Crippen LogP contribution in [0.3, 0.4) is 0 Å². The maximum atomic E-state index is 7.73. The van der Waals surface area contributed by atoms with E-state index in [1.165, 1.54) is 0 Å². The SMILES string of the molecule is CC1=NN(c2ccccc2N)C(=N)C1. The molecule has 1 aromatic carbocycles. The number of amidine groups is 1. The van der Waals surface area contributed by atoms with Crippen LogP contribution >= 0.6 is 0 Å². The maximum Gasteiger partial charge on any atom is 0.128 e. The number of nitrogen functional groups attached to an aromatic ring is 1. The minimum absolute atomic E-state index is 0.473. The van der Waals surface area contributed by atoms with Gasteiger partial charge >= 0.3 is 0 Å². The lowest BCUT2D eigenvalue weighted by atomic mass is 10.2. The minimum Gasteiger partial charge on any atom is -0.397 e. The fourth-order valence-corrected chi connectivity index (χ4v) is 1.46. The monoisotopic (exact) mass is 188 g/mol. The predicted octanol–water partition coefficient (Wildman–Crippen LogP) is 1.83. The summed E-state index contributed by atoms with van der Waals surface area (Å²) in [7, 11) is 0. The highest BCUT2D eigenvalue weighted by molar-refractivity contribution is 6.14. The molecule has 0 bridgehead atoms. The number of rotatable bonds is 1. The lowest BCUT2D eigenvalue weighted by Crippen LogP contribution is -2.19. The van der Waals surface area contributed by atoms with E-state index >= 15 is 0 Å². The van der Waals surface area contributed by atoms with Gasteiger partial charge in [-0.05, 0) is 19.1 Å². The van der Waals surface area contributed by atoms with Gasteiger partial charge in [0.05, 0.1) is 11.4 Å². The molecule has 0 aromatic heterocycles. The van der Waals surface area contributed by atoms with Gasteiger partial charge in [0.2, 0.25) is 0 Å². The Hall–Kier alpha value is -1.84. The number of nitrogens with two attached hydrogens (primary N) is 1. The third-order valence-corrected chi connectivity index (χ3v) is 2.11. The summed E-state index contributed by atoms with van der Waals surface area (Å²) in [5.41, 5.74) is 8.18. The number of hydrogen-bond acceptors (Lipinski definition) is 3. The molecular weight excluding hydrogens is 176 g/mol. The molecule has 2 rings (SSSR count). The van der Waals surface area contributed by atoms with Crippen LogP contribution in [0.4, 0.5) is 11.4 Å². The zero-order valence-corrected chi connectivity index (χ0v) is 7.99. The van der Waals surface area contributed by atoms with E-state index in [9.17, 15) is 0 Å². The Labute approximate surface area is 82.5 Å². The van der Waals surface area contributed by atoms with E-state index < -0.39 is 0 Å². The van der Waals surface area contributed by atoms with Gasteiger partial charge in [-0.1, -0.05) is 12.1 Å². The molecular formula is C10H12N4. The van der Waals surface area contributed by atoms with Gasteiger partial charge < -0.3 is 5.73 Å². The Kier molecular flexibility index (Phi) is 1.96. The molecule has 0 unspecified atom stereocenters. The largest absolute Gasteiger partial charge is 0.397 e. The lowest BCUT2D eigenvalue weighted by Gasteiger charge is -2.15. The van der Waals surface area contributed by atoms with Crippen molar-refractivity contribution < 1.29 is 0 Å². The van der Waals surface area contributed by atoms with Crippen LogP contribution in [-0.4, -0.2) is 11.5 Å². The topological polar surface area (TPSA) is 65.5 Å². The van der Waals surface area contributed by atoms with Crippen molar-refractivity contribution in [2.75, 3.05) is 10.7 Å². The summed E-state index contributed by atoms with van der Waals surface area (Å²) in [6.07, 6.45) is 0.605. The smallest absolute Gasteiger partial charge is 0.128 e. The normalized spacial score (nSPS) is 15.9. The number of nitrogens with zero attached hydrogens (tertiary/aromatic N) is 2. The molecule has 4 heteroatoms. The van der Waals surface area contributed by atoms with Crippen LogP contribution < -0.4 is 10.7 Å². The Morgan fingerprint density at radius 2 is 2.14 bits per heavy atom. The molecule has 0 saturated carbocycles. The lowest BCUT2D eigenvalue weighted by molar-refractivity contribution is 1.14. The van der Waals surface area contributed by atoms with Crippen molar-refractivity contribution in [2.45, 2.75) is 13.3 Å². The van der Waals surface area contributed by atoms with Gasteiger partial charge in [-0.2, -0.15) is 5.10 Å². The summed E-state index contributed by atoms with van der Waals surface area (Å²) >= 11 is 0. The average Bonchev–Trinajstić information content (AvgIpc) is 2.46. The molecule has 0 atom stereocenters. The third-order valence-electron chi connectivity index (χ3n) is 2.11. The van der Waals surface area contributed by atoms with Crippen molar-refractivity contribution in [2.24, 2.45) is 5.10 Å². The van der Waals surface area contributed by atoms with Crippen molar-refractivity contribution in [1.29, 1.82) is 5.41 Å². The van der Waals surface area contributed by atoms with Crippen molar-refractivity contribution in [1.82, 2.24) is 0 Å². The van der Waals surface area contributed by atoms with E-state index in [2.05, 4.69) is 5.10 Å². The summed E-state index contributed by atoms with van der Waals surface area (Å²) in [6, 6.07) is 7.44.